The zero-order valence-electron chi connectivity index (χ0n) is 5.60. The first-order chi connectivity index (χ1) is 4.35. The van der Waals surface area contributed by atoms with Crippen LogP contribution < -0.4 is 11.1 Å². The van der Waals surface area contributed by atoms with Crippen molar-refractivity contribution in [1.29, 1.82) is 0 Å². The first kappa shape index (κ1) is 8.95. The van der Waals surface area contributed by atoms with Crippen LogP contribution in [0.4, 0.5) is 0 Å². The number of nitrogens with two attached hydrogens (primary N) is 1. The van der Waals surface area contributed by atoms with Crippen LogP contribution in [-0.4, -0.2) is 19.6 Å². The van der Waals surface area contributed by atoms with Gasteiger partial charge in [0.2, 0.25) is 0 Å². The third kappa shape index (κ3) is 4.45. The number of hydrogen-bond donors (Lipinski definition) is 2. The standard InChI is InChI=1S/C6H13ClN2/c1-9-6(5-8)3-2-4-7/h2,4,6,9H,3,5,8H2,1H3. The van der Waals surface area contributed by atoms with Gasteiger partial charge in [0.25, 0.3) is 0 Å². The van der Waals surface area contributed by atoms with Crippen LogP contribution in [0.1, 0.15) is 6.42 Å². The van der Waals surface area contributed by atoms with E-state index in [1.165, 1.54) is 5.54 Å². The van der Waals surface area contributed by atoms with Crippen molar-refractivity contribution in [3.05, 3.63) is 11.6 Å². The average Bonchev–Trinajstić information content (AvgIpc) is 1.91. The number of halogens is 1. The van der Waals surface area contributed by atoms with Gasteiger partial charge in [0, 0.05) is 18.1 Å². The molecule has 0 amide bonds. The average molecular weight is 149 g/mol. The molecule has 54 valence electrons. The smallest absolute Gasteiger partial charge is 0.0222 e. The minimum atomic E-state index is 0.361. The van der Waals surface area contributed by atoms with Gasteiger partial charge in [-0.1, -0.05) is 17.7 Å². The quantitative estimate of drug-likeness (QED) is 0.616. The summed E-state index contributed by atoms with van der Waals surface area (Å²) in [7, 11) is 1.89. The second-order valence-electron chi connectivity index (χ2n) is 1.82. The lowest BCUT2D eigenvalue weighted by Crippen LogP contribution is -2.32. The van der Waals surface area contributed by atoms with E-state index in [1.807, 2.05) is 13.1 Å². The summed E-state index contributed by atoms with van der Waals surface area (Å²) >= 11 is 5.31. The third-order valence-corrected chi connectivity index (χ3v) is 1.38. The van der Waals surface area contributed by atoms with E-state index in [2.05, 4.69) is 5.32 Å². The number of hydrogen-bond acceptors (Lipinski definition) is 2. The van der Waals surface area contributed by atoms with Gasteiger partial charge in [-0.15, -0.1) is 0 Å². The molecule has 1 unspecified atom stereocenters. The molecule has 0 fully saturated rings. The number of likely N-dealkylation sites (N-methyl/N-ethyl adjacent to an activating group) is 1. The van der Waals surface area contributed by atoms with Gasteiger partial charge in [0.15, 0.2) is 0 Å². The molecule has 1 atom stereocenters. The fraction of sp³-hybridized carbons (Fsp3) is 0.667. The van der Waals surface area contributed by atoms with E-state index < -0.39 is 0 Å². The van der Waals surface area contributed by atoms with Crippen molar-refractivity contribution in [3.63, 3.8) is 0 Å². The van der Waals surface area contributed by atoms with Crippen molar-refractivity contribution in [3.8, 4) is 0 Å². The van der Waals surface area contributed by atoms with Gasteiger partial charge in [0.05, 0.1) is 0 Å². The SMILES string of the molecule is CNC(CN)CC=CCl. The van der Waals surface area contributed by atoms with Crippen molar-refractivity contribution in [2.24, 2.45) is 5.73 Å². The molecule has 3 heteroatoms. The van der Waals surface area contributed by atoms with Crippen LogP contribution in [0, 0.1) is 0 Å². The predicted octanol–water partition coefficient (Wildman–Crippen LogP) is 0.676. The summed E-state index contributed by atoms with van der Waals surface area (Å²) in [6.45, 7) is 0.651. The molecule has 0 aromatic carbocycles. The second kappa shape index (κ2) is 6.08. The molecule has 2 nitrogen and oxygen atoms in total. The fourth-order valence-electron chi connectivity index (χ4n) is 0.548. The molecule has 9 heavy (non-hydrogen) atoms. The molecule has 0 aliphatic heterocycles. The van der Waals surface area contributed by atoms with E-state index in [9.17, 15) is 0 Å². The van der Waals surface area contributed by atoms with E-state index in [-0.39, 0.29) is 0 Å². The minimum Gasteiger partial charge on any atom is -0.329 e. The van der Waals surface area contributed by atoms with Gasteiger partial charge in [-0.3, -0.25) is 0 Å². The zero-order chi connectivity index (χ0) is 7.11. The third-order valence-electron chi connectivity index (χ3n) is 1.20. The Hall–Kier alpha value is -0.0500. The second-order valence-corrected chi connectivity index (χ2v) is 2.07. The summed E-state index contributed by atoms with van der Waals surface area (Å²) in [5, 5.41) is 3.05. The minimum absolute atomic E-state index is 0.361. The molecule has 0 bridgehead atoms. The van der Waals surface area contributed by atoms with Crippen molar-refractivity contribution < 1.29 is 0 Å². The Balaban J connectivity index is 3.31. The maximum Gasteiger partial charge on any atom is 0.0222 e. The molecule has 0 saturated heterocycles. The highest BCUT2D eigenvalue weighted by Crippen LogP contribution is 1.91. The van der Waals surface area contributed by atoms with Crippen LogP contribution in [0.25, 0.3) is 0 Å². The van der Waals surface area contributed by atoms with Gasteiger partial charge in [-0.05, 0) is 13.5 Å². The largest absolute Gasteiger partial charge is 0.329 e. The van der Waals surface area contributed by atoms with Gasteiger partial charge < -0.3 is 11.1 Å². The lowest BCUT2D eigenvalue weighted by Gasteiger charge is -2.08. The van der Waals surface area contributed by atoms with Gasteiger partial charge in [0.1, 0.15) is 0 Å². The molecule has 3 N–H and O–H groups in total. The van der Waals surface area contributed by atoms with E-state index in [1.54, 1.807) is 0 Å². The molecule has 0 aromatic rings. The maximum atomic E-state index is 5.38. The molecular weight excluding hydrogens is 136 g/mol. The Morgan fingerprint density at radius 3 is 2.78 bits per heavy atom. The molecular formula is C6H13ClN2. The monoisotopic (exact) mass is 148 g/mol. The van der Waals surface area contributed by atoms with Crippen molar-refractivity contribution in [1.82, 2.24) is 5.32 Å². The lowest BCUT2D eigenvalue weighted by molar-refractivity contribution is 0.579. The lowest BCUT2D eigenvalue weighted by atomic mass is 10.2. The number of rotatable bonds is 4. The van der Waals surface area contributed by atoms with Crippen LogP contribution in [0.3, 0.4) is 0 Å². The van der Waals surface area contributed by atoms with Gasteiger partial charge in [-0.25, -0.2) is 0 Å². The van der Waals surface area contributed by atoms with Crippen molar-refractivity contribution in [2.45, 2.75) is 12.5 Å². The maximum absolute atomic E-state index is 5.38. The zero-order valence-corrected chi connectivity index (χ0v) is 6.36. The van der Waals surface area contributed by atoms with Crippen LogP contribution in [-0.2, 0) is 0 Å². The highest BCUT2D eigenvalue weighted by atomic mass is 35.5. The highest BCUT2D eigenvalue weighted by Gasteiger charge is 1.97. The summed E-state index contributed by atoms with van der Waals surface area (Å²) in [6, 6.07) is 0.361. The predicted molar refractivity (Wildman–Crippen MR) is 41.5 cm³/mol. The normalized spacial score (nSPS) is 14.6. The Kier molecular flexibility index (Phi) is 6.04. The van der Waals surface area contributed by atoms with E-state index in [0.717, 1.165) is 6.42 Å². The molecule has 0 aliphatic carbocycles. The van der Waals surface area contributed by atoms with E-state index in [4.69, 9.17) is 17.3 Å². The summed E-state index contributed by atoms with van der Waals surface area (Å²) < 4.78 is 0. The Morgan fingerprint density at radius 2 is 2.44 bits per heavy atom. The Labute approximate surface area is 61.1 Å². The van der Waals surface area contributed by atoms with E-state index >= 15 is 0 Å². The first-order valence-electron chi connectivity index (χ1n) is 2.97. The molecule has 0 saturated carbocycles. The molecule has 0 rings (SSSR count). The molecule has 0 heterocycles. The van der Waals surface area contributed by atoms with Gasteiger partial charge >= 0.3 is 0 Å². The van der Waals surface area contributed by atoms with Crippen LogP contribution in [0.2, 0.25) is 0 Å². The molecule has 0 radical (unpaired) electrons. The summed E-state index contributed by atoms with van der Waals surface area (Å²) in [5.74, 6) is 0. The summed E-state index contributed by atoms with van der Waals surface area (Å²) in [6.07, 6.45) is 2.78. The van der Waals surface area contributed by atoms with Gasteiger partial charge in [-0.2, -0.15) is 0 Å². The Morgan fingerprint density at radius 1 is 1.78 bits per heavy atom. The van der Waals surface area contributed by atoms with E-state index in [0.29, 0.717) is 12.6 Å². The van der Waals surface area contributed by atoms with Crippen LogP contribution in [0.5, 0.6) is 0 Å². The Bertz CT molecular complexity index is 79.1. The van der Waals surface area contributed by atoms with Crippen molar-refractivity contribution >= 4 is 11.6 Å². The van der Waals surface area contributed by atoms with Crippen LogP contribution >= 0.6 is 11.6 Å². The molecule has 0 aliphatic rings. The van der Waals surface area contributed by atoms with Crippen LogP contribution in [0.15, 0.2) is 11.6 Å². The molecule has 0 aromatic heterocycles. The summed E-state index contributed by atoms with van der Waals surface area (Å²) in [4.78, 5) is 0. The highest BCUT2D eigenvalue weighted by molar-refractivity contribution is 6.25. The van der Waals surface area contributed by atoms with Crippen molar-refractivity contribution in [2.75, 3.05) is 13.6 Å². The number of nitrogens with one attached hydrogen (secondary N) is 1. The topological polar surface area (TPSA) is 38.0 Å². The fourth-order valence-corrected chi connectivity index (χ4v) is 0.650. The molecule has 0 spiro atoms. The summed E-state index contributed by atoms with van der Waals surface area (Å²) in [5.41, 5.74) is 6.90. The first-order valence-corrected chi connectivity index (χ1v) is 3.41.